The van der Waals surface area contributed by atoms with E-state index in [9.17, 15) is 0 Å². The molecule has 5 heteroatoms. The lowest BCUT2D eigenvalue weighted by molar-refractivity contribution is 0.141. The third kappa shape index (κ3) is 3.57. The Kier molecular flexibility index (Phi) is 4.62. The minimum absolute atomic E-state index is 0.650. The molecule has 0 aromatic carbocycles. The van der Waals surface area contributed by atoms with Gasteiger partial charge in [-0.05, 0) is 36.7 Å². The van der Waals surface area contributed by atoms with E-state index in [0.29, 0.717) is 11.7 Å². The van der Waals surface area contributed by atoms with Crippen molar-refractivity contribution in [1.82, 2.24) is 4.37 Å². The number of hydrogen-bond donors (Lipinski definition) is 2. The van der Waals surface area contributed by atoms with Gasteiger partial charge in [0.15, 0.2) is 0 Å². The smallest absolute Gasteiger partial charge is 0.142 e. The second-order valence-corrected chi connectivity index (χ2v) is 5.25. The van der Waals surface area contributed by atoms with Crippen LogP contribution in [0.2, 0.25) is 0 Å². The van der Waals surface area contributed by atoms with Crippen LogP contribution in [-0.4, -0.2) is 24.1 Å². The second kappa shape index (κ2) is 6.21. The first kappa shape index (κ1) is 12.6. The van der Waals surface area contributed by atoms with Gasteiger partial charge in [-0.15, -0.1) is 0 Å². The van der Waals surface area contributed by atoms with E-state index < -0.39 is 0 Å². The fourth-order valence-corrected chi connectivity index (χ4v) is 2.61. The van der Waals surface area contributed by atoms with E-state index in [1.807, 2.05) is 0 Å². The summed E-state index contributed by atoms with van der Waals surface area (Å²) in [6, 6.07) is 0. The third-order valence-electron chi connectivity index (χ3n) is 2.92. The van der Waals surface area contributed by atoms with Crippen molar-refractivity contribution in [3.8, 4) is 0 Å². The first-order valence-electron chi connectivity index (χ1n) is 6.39. The van der Waals surface area contributed by atoms with Crippen molar-refractivity contribution in [2.24, 2.45) is 0 Å². The molecule has 17 heavy (non-hydrogen) atoms. The maximum Gasteiger partial charge on any atom is 0.142 e. The van der Waals surface area contributed by atoms with Gasteiger partial charge in [-0.3, -0.25) is 0 Å². The number of rotatable bonds is 8. The number of ether oxygens (including phenoxy) is 1. The molecule has 0 spiro atoms. The lowest BCUT2D eigenvalue weighted by Gasteiger charge is -2.07. The number of nitrogens with two attached hydrogens (primary N) is 1. The predicted octanol–water partition coefficient (Wildman–Crippen LogP) is 2.83. The minimum atomic E-state index is 0.650. The lowest BCUT2D eigenvalue weighted by atomic mass is 10.2. The third-order valence-corrected chi connectivity index (χ3v) is 3.75. The van der Waals surface area contributed by atoms with E-state index in [1.165, 1.54) is 36.4 Å². The van der Waals surface area contributed by atoms with E-state index in [2.05, 4.69) is 16.6 Å². The molecule has 1 heterocycles. The number of anilines is 2. The van der Waals surface area contributed by atoms with Gasteiger partial charge in [-0.25, -0.2) is 0 Å². The summed E-state index contributed by atoms with van der Waals surface area (Å²) in [6.07, 6.45) is 4.83. The average Bonchev–Trinajstić information content (AvgIpc) is 3.09. The van der Waals surface area contributed by atoms with Gasteiger partial charge in [0.25, 0.3) is 0 Å². The zero-order valence-corrected chi connectivity index (χ0v) is 11.2. The van der Waals surface area contributed by atoms with Crippen molar-refractivity contribution >= 4 is 22.4 Å². The number of aromatic nitrogens is 1. The van der Waals surface area contributed by atoms with Crippen molar-refractivity contribution in [2.45, 2.75) is 38.5 Å². The fourth-order valence-electron chi connectivity index (χ4n) is 1.79. The van der Waals surface area contributed by atoms with Gasteiger partial charge in [0.2, 0.25) is 0 Å². The van der Waals surface area contributed by atoms with Gasteiger partial charge in [-0.2, -0.15) is 4.37 Å². The van der Waals surface area contributed by atoms with Gasteiger partial charge in [0.05, 0.1) is 6.61 Å². The van der Waals surface area contributed by atoms with Crippen molar-refractivity contribution in [3.63, 3.8) is 0 Å². The topological polar surface area (TPSA) is 60.2 Å². The first-order chi connectivity index (χ1) is 8.33. The molecular formula is C12H21N3OS. The highest BCUT2D eigenvalue weighted by atomic mass is 32.1. The lowest BCUT2D eigenvalue weighted by Crippen LogP contribution is -2.10. The molecule has 1 fully saturated rings. The number of unbranched alkanes of at least 4 members (excludes halogenated alkanes) is 1. The molecule has 2 rings (SSSR count). The van der Waals surface area contributed by atoms with Crippen LogP contribution in [0.1, 0.15) is 44.1 Å². The first-order valence-corrected chi connectivity index (χ1v) is 7.17. The van der Waals surface area contributed by atoms with Crippen LogP contribution in [0, 0.1) is 0 Å². The maximum absolute atomic E-state index is 5.88. The highest BCUT2D eigenvalue weighted by Crippen LogP contribution is 2.47. The molecule has 3 N–H and O–H groups in total. The Morgan fingerprint density at radius 3 is 3.00 bits per heavy atom. The van der Waals surface area contributed by atoms with Crippen molar-refractivity contribution < 1.29 is 4.74 Å². The van der Waals surface area contributed by atoms with Crippen LogP contribution < -0.4 is 11.1 Å². The molecule has 0 saturated heterocycles. The Morgan fingerprint density at radius 2 is 2.29 bits per heavy atom. The molecule has 1 saturated carbocycles. The van der Waals surface area contributed by atoms with E-state index in [-0.39, 0.29) is 0 Å². The Hall–Kier alpha value is -0.810. The molecule has 1 aromatic rings. The number of nitrogens with one attached hydrogen (secondary N) is 1. The van der Waals surface area contributed by atoms with Crippen molar-refractivity contribution in [1.29, 1.82) is 0 Å². The predicted molar refractivity (Wildman–Crippen MR) is 72.7 cm³/mol. The van der Waals surface area contributed by atoms with Gasteiger partial charge in [0, 0.05) is 18.7 Å². The van der Waals surface area contributed by atoms with Crippen LogP contribution in [0.4, 0.5) is 10.8 Å². The van der Waals surface area contributed by atoms with E-state index in [1.54, 1.807) is 0 Å². The van der Waals surface area contributed by atoms with Crippen LogP contribution in [0.15, 0.2) is 0 Å². The molecule has 0 amide bonds. The summed E-state index contributed by atoms with van der Waals surface area (Å²) in [4.78, 5) is 0. The van der Waals surface area contributed by atoms with Crippen LogP contribution in [-0.2, 0) is 4.74 Å². The van der Waals surface area contributed by atoms with E-state index in [0.717, 1.165) is 31.2 Å². The van der Waals surface area contributed by atoms with Crippen molar-refractivity contribution in [3.05, 3.63) is 5.56 Å². The number of nitrogen functional groups attached to an aromatic ring is 1. The molecule has 0 bridgehead atoms. The monoisotopic (exact) mass is 255 g/mol. The quantitative estimate of drug-likeness (QED) is 0.701. The molecular weight excluding hydrogens is 234 g/mol. The Labute approximate surface area is 107 Å². The zero-order valence-electron chi connectivity index (χ0n) is 10.4. The molecule has 0 radical (unpaired) electrons. The molecule has 96 valence electrons. The van der Waals surface area contributed by atoms with E-state index >= 15 is 0 Å². The minimum Gasteiger partial charge on any atom is -0.383 e. The van der Waals surface area contributed by atoms with Crippen molar-refractivity contribution in [2.75, 3.05) is 30.8 Å². The summed E-state index contributed by atoms with van der Waals surface area (Å²) < 4.78 is 9.73. The molecule has 1 aliphatic carbocycles. The zero-order chi connectivity index (χ0) is 12.1. The average molecular weight is 255 g/mol. The maximum atomic E-state index is 5.88. The summed E-state index contributed by atoms with van der Waals surface area (Å²) in [6.45, 7) is 4.62. The standard InChI is InChI=1S/C12H21N3OS/c1-2-3-7-16-8-6-14-12-10(9-4-5-9)11(13)15-17-12/h9,14H,2-8H2,1H3,(H2,13,15). The summed E-state index contributed by atoms with van der Waals surface area (Å²) in [7, 11) is 0. The van der Waals surface area contributed by atoms with E-state index in [4.69, 9.17) is 10.5 Å². The Bertz CT molecular complexity index is 350. The van der Waals surface area contributed by atoms with Crippen LogP contribution >= 0.6 is 11.5 Å². The molecule has 0 atom stereocenters. The SMILES string of the molecule is CCCCOCCNc1snc(N)c1C1CC1. The summed E-state index contributed by atoms with van der Waals surface area (Å²) in [5.74, 6) is 1.36. The molecule has 1 aliphatic rings. The number of nitrogens with zero attached hydrogens (tertiary/aromatic N) is 1. The molecule has 1 aromatic heterocycles. The summed E-state index contributed by atoms with van der Waals surface area (Å²) in [5, 5.41) is 4.53. The van der Waals surface area contributed by atoms with Crippen LogP contribution in [0.25, 0.3) is 0 Å². The molecule has 0 unspecified atom stereocenters. The Balaban J connectivity index is 1.71. The van der Waals surface area contributed by atoms with Gasteiger partial charge in [0.1, 0.15) is 10.8 Å². The normalized spacial score (nSPS) is 15.1. The van der Waals surface area contributed by atoms with Gasteiger partial charge < -0.3 is 15.8 Å². The van der Waals surface area contributed by atoms with Gasteiger partial charge in [-0.1, -0.05) is 13.3 Å². The Morgan fingerprint density at radius 1 is 1.47 bits per heavy atom. The van der Waals surface area contributed by atoms with Crippen LogP contribution in [0.5, 0.6) is 0 Å². The molecule has 0 aliphatic heterocycles. The summed E-state index contributed by atoms with van der Waals surface area (Å²) in [5.41, 5.74) is 7.12. The largest absolute Gasteiger partial charge is 0.383 e. The summed E-state index contributed by atoms with van der Waals surface area (Å²) >= 11 is 1.47. The number of hydrogen-bond acceptors (Lipinski definition) is 5. The fraction of sp³-hybridized carbons (Fsp3) is 0.750. The highest BCUT2D eigenvalue weighted by Gasteiger charge is 2.30. The van der Waals surface area contributed by atoms with Gasteiger partial charge >= 0.3 is 0 Å². The second-order valence-electron chi connectivity index (χ2n) is 4.48. The molecule has 4 nitrogen and oxygen atoms in total. The highest BCUT2D eigenvalue weighted by molar-refractivity contribution is 7.10. The van der Waals surface area contributed by atoms with Crippen LogP contribution in [0.3, 0.4) is 0 Å².